The second-order valence-electron chi connectivity index (χ2n) is 11.1. The third-order valence-corrected chi connectivity index (χ3v) is 9.08. The Balaban J connectivity index is 1.62. The van der Waals surface area contributed by atoms with Gasteiger partial charge in [0.25, 0.3) is 5.91 Å². The van der Waals surface area contributed by atoms with E-state index in [0.29, 0.717) is 16.5 Å². The van der Waals surface area contributed by atoms with E-state index in [2.05, 4.69) is 65.4 Å². The van der Waals surface area contributed by atoms with Crippen molar-refractivity contribution in [2.45, 2.75) is 84.1 Å². The third-order valence-electron chi connectivity index (χ3n) is 8.39. The van der Waals surface area contributed by atoms with E-state index in [-0.39, 0.29) is 11.9 Å². The normalized spacial score (nSPS) is 11.9. The van der Waals surface area contributed by atoms with Crippen molar-refractivity contribution in [2.24, 2.45) is 5.73 Å². The van der Waals surface area contributed by atoms with Gasteiger partial charge in [0.15, 0.2) is 0 Å². The molecule has 5 heteroatoms. The number of carbonyl (C=O) groups excluding carboxylic acids is 2. The van der Waals surface area contributed by atoms with Gasteiger partial charge in [-0.25, -0.2) is 0 Å². The van der Waals surface area contributed by atoms with E-state index < -0.39 is 5.91 Å². The molecule has 3 N–H and O–H groups in total. The zero-order chi connectivity index (χ0) is 28.2. The molecule has 0 saturated carbocycles. The Labute approximate surface area is 245 Å². The molecule has 2 amide bonds. The lowest BCUT2D eigenvalue weighted by Crippen LogP contribution is -2.35. The summed E-state index contributed by atoms with van der Waals surface area (Å²) in [6.45, 7) is 4.44. The lowest BCUT2D eigenvalue weighted by Gasteiger charge is -2.21. The van der Waals surface area contributed by atoms with E-state index in [9.17, 15) is 9.59 Å². The lowest BCUT2D eigenvalue weighted by atomic mass is 9.86. The average molecular weight is 600 g/mol. The van der Waals surface area contributed by atoms with Crippen LogP contribution in [0, 0.1) is 0 Å². The summed E-state index contributed by atoms with van der Waals surface area (Å²) >= 11 is 3.72. The molecule has 0 aliphatic carbocycles. The number of primary amides is 1. The lowest BCUT2D eigenvalue weighted by molar-refractivity contribution is 0.0933. The van der Waals surface area contributed by atoms with Crippen LogP contribution in [0.5, 0.6) is 0 Å². The number of amides is 2. The minimum absolute atomic E-state index is 0.121. The summed E-state index contributed by atoms with van der Waals surface area (Å²) in [4.78, 5) is 26.7. The van der Waals surface area contributed by atoms with Gasteiger partial charge in [-0.15, -0.1) is 0 Å². The van der Waals surface area contributed by atoms with E-state index in [1.54, 1.807) is 6.07 Å². The topological polar surface area (TPSA) is 72.2 Å². The highest BCUT2D eigenvalue weighted by molar-refractivity contribution is 9.10. The molecule has 0 fully saturated rings. The van der Waals surface area contributed by atoms with Crippen LogP contribution in [0.3, 0.4) is 0 Å². The molecule has 0 heterocycles. The van der Waals surface area contributed by atoms with Crippen molar-refractivity contribution < 1.29 is 9.59 Å². The second-order valence-corrected chi connectivity index (χ2v) is 12.0. The van der Waals surface area contributed by atoms with E-state index in [1.807, 2.05) is 18.2 Å². The molecule has 5 rings (SSSR count). The molecule has 0 spiro atoms. The van der Waals surface area contributed by atoms with Crippen LogP contribution in [0.15, 0.2) is 59.1 Å². The minimum atomic E-state index is -0.520. The SMILES string of the molecule is CCCCCCC(CCCCCC)NC(=O)c1ccc2c3cccc4c(Br)ccc(c5ccc(C(N)=O)c1c52)c43. The van der Waals surface area contributed by atoms with Crippen LogP contribution in [-0.2, 0) is 0 Å². The highest BCUT2D eigenvalue weighted by Gasteiger charge is 2.23. The monoisotopic (exact) mass is 598 g/mol. The largest absolute Gasteiger partial charge is 0.366 e. The molecular formula is C35H39BrN2O2. The highest BCUT2D eigenvalue weighted by atomic mass is 79.9. The van der Waals surface area contributed by atoms with Gasteiger partial charge in [-0.2, -0.15) is 0 Å². The number of benzene rings is 5. The van der Waals surface area contributed by atoms with Crippen LogP contribution >= 0.6 is 15.9 Å². The Hall–Kier alpha value is -3.18. The van der Waals surface area contributed by atoms with Gasteiger partial charge < -0.3 is 11.1 Å². The predicted molar refractivity (Wildman–Crippen MR) is 173 cm³/mol. The number of unbranched alkanes of at least 4 members (excludes halogenated alkanes) is 6. The van der Waals surface area contributed by atoms with Gasteiger partial charge in [0, 0.05) is 27.0 Å². The quantitative estimate of drug-likeness (QED) is 0.0804. The first-order valence-electron chi connectivity index (χ1n) is 14.9. The van der Waals surface area contributed by atoms with Crippen LogP contribution in [0.2, 0.25) is 0 Å². The molecule has 5 aromatic rings. The van der Waals surface area contributed by atoms with Gasteiger partial charge in [-0.05, 0) is 68.7 Å². The van der Waals surface area contributed by atoms with E-state index in [4.69, 9.17) is 5.73 Å². The number of rotatable bonds is 13. The number of hydrogen-bond donors (Lipinski definition) is 2. The molecule has 0 atom stereocenters. The molecule has 5 aromatic carbocycles. The summed E-state index contributed by atoms with van der Waals surface area (Å²) in [5.74, 6) is -0.643. The fourth-order valence-electron chi connectivity index (χ4n) is 6.35. The van der Waals surface area contributed by atoms with Gasteiger partial charge in [-0.1, -0.05) is 118 Å². The van der Waals surface area contributed by atoms with Crippen LogP contribution in [-0.4, -0.2) is 17.9 Å². The predicted octanol–water partition coefficient (Wildman–Crippen LogP) is 9.64. The first-order valence-corrected chi connectivity index (χ1v) is 15.7. The molecule has 0 aliphatic heterocycles. The Morgan fingerprint density at radius 1 is 0.675 bits per heavy atom. The van der Waals surface area contributed by atoms with Crippen molar-refractivity contribution in [1.29, 1.82) is 0 Å². The number of halogens is 1. The molecule has 4 nitrogen and oxygen atoms in total. The summed E-state index contributed by atoms with van der Waals surface area (Å²) in [6, 6.07) is 18.3. The van der Waals surface area contributed by atoms with Crippen molar-refractivity contribution in [3.63, 3.8) is 0 Å². The maximum absolute atomic E-state index is 14.0. The van der Waals surface area contributed by atoms with Gasteiger partial charge in [0.1, 0.15) is 0 Å². The van der Waals surface area contributed by atoms with Crippen LogP contribution in [0.4, 0.5) is 0 Å². The summed E-state index contributed by atoms with van der Waals surface area (Å²) in [5, 5.41) is 11.5. The van der Waals surface area contributed by atoms with Crippen molar-refractivity contribution in [2.75, 3.05) is 0 Å². The summed E-state index contributed by atoms with van der Waals surface area (Å²) in [7, 11) is 0. The highest BCUT2D eigenvalue weighted by Crippen LogP contribution is 2.43. The first-order chi connectivity index (χ1) is 19.5. The van der Waals surface area contributed by atoms with Gasteiger partial charge in [-0.3, -0.25) is 9.59 Å². The Morgan fingerprint density at radius 2 is 1.23 bits per heavy atom. The Morgan fingerprint density at radius 3 is 1.85 bits per heavy atom. The van der Waals surface area contributed by atoms with E-state index in [0.717, 1.165) is 62.5 Å². The number of hydrogen-bond acceptors (Lipinski definition) is 2. The number of nitrogens with two attached hydrogens (primary N) is 1. The maximum atomic E-state index is 14.0. The van der Waals surface area contributed by atoms with E-state index in [1.165, 1.54) is 43.9 Å². The van der Waals surface area contributed by atoms with Gasteiger partial charge in [0.05, 0.1) is 0 Å². The van der Waals surface area contributed by atoms with Crippen molar-refractivity contribution in [3.05, 3.63) is 70.2 Å². The average Bonchev–Trinajstić information content (AvgIpc) is 2.96. The first kappa shape index (κ1) is 28.4. The van der Waals surface area contributed by atoms with Crippen LogP contribution < -0.4 is 11.1 Å². The zero-order valence-electron chi connectivity index (χ0n) is 23.6. The molecule has 0 aromatic heterocycles. The number of nitrogens with one attached hydrogen (secondary N) is 1. The second kappa shape index (κ2) is 12.6. The molecule has 208 valence electrons. The Kier molecular flexibility index (Phi) is 8.90. The Bertz CT molecular complexity index is 1640. The maximum Gasteiger partial charge on any atom is 0.252 e. The third kappa shape index (κ3) is 5.41. The van der Waals surface area contributed by atoms with Crippen LogP contribution in [0.1, 0.15) is 98.8 Å². The number of fused-ring (bicyclic) bond motifs is 2. The summed E-state index contributed by atoms with van der Waals surface area (Å²) < 4.78 is 1.04. The van der Waals surface area contributed by atoms with Crippen molar-refractivity contribution in [1.82, 2.24) is 5.32 Å². The fraction of sp³-hybridized carbons (Fsp3) is 0.371. The van der Waals surface area contributed by atoms with Gasteiger partial charge >= 0.3 is 0 Å². The van der Waals surface area contributed by atoms with E-state index >= 15 is 0 Å². The molecule has 40 heavy (non-hydrogen) atoms. The van der Waals surface area contributed by atoms with Crippen molar-refractivity contribution in [3.8, 4) is 0 Å². The zero-order valence-corrected chi connectivity index (χ0v) is 25.2. The summed E-state index contributed by atoms with van der Waals surface area (Å²) in [6.07, 6.45) is 11.4. The molecule has 0 unspecified atom stereocenters. The molecule has 0 aliphatic rings. The minimum Gasteiger partial charge on any atom is -0.366 e. The molecular weight excluding hydrogens is 560 g/mol. The summed E-state index contributed by atoms with van der Waals surface area (Å²) in [5.41, 5.74) is 6.82. The smallest absolute Gasteiger partial charge is 0.252 e. The standard InChI is InChI=1S/C35H39BrN2O2/c1-3-5-7-9-12-22(13-10-8-6-4-2)38-35(40)29-19-17-25-23-14-11-15-27-30(36)21-20-24(31(23)27)26-16-18-28(34(37)39)33(29)32(25)26/h11,14-22H,3-10,12-13H2,1-2H3,(H2,37,39)(H,38,40). The van der Waals surface area contributed by atoms with Crippen molar-refractivity contribution >= 4 is 70.8 Å². The number of carbonyl (C=O) groups is 2. The molecule has 0 bridgehead atoms. The molecule has 0 saturated heterocycles. The van der Waals surface area contributed by atoms with Gasteiger partial charge in [0.2, 0.25) is 5.91 Å². The fourth-order valence-corrected chi connectivity index (χ4v) is 6.81. The molecule has 0 radical (unpaired) electrons. The van der Waals surface area contributed by atoms with Crippen LogP contribution in [0.25, 0.3) is 43.1 Å².